The lowest BCUT2D eigenvalue weighted by atomic mass is 9.93. The second-order valence-corrected chi connectivity index (χ2v) is 4.30. The van der Waals surface area contributed by atoms with E-state index in [1.165, 1.54) is 6.42 Å². The first-order chi connectivity index (χ1) is 6.09. The van der Waals surface area contributed by atoms with E-state index in [0.717, 1.165) is 6.54 Å². The lowest BCUT2D eigenvalue weighted by Gasteiger charge is -2.25. The molecule has 0 saturated heterocycles. The van der Waals surface area contributed by atoms with Crippen LogP contribution in [0.25, 0.3) is 0 Å². The van der Waals surface area contributed by atoms with E-state index in [9.17, 15) is 0 Å². The van der Waals surface area contributed by atoms with Gasteiger partial charge in [-0.1, -0.05) is 39.0 Å². The molecular weight excluding hydrogens is 158 g/mol. The van der Waals surface area contributed by atoms with E-state index in [4.69, 9.17) is 0 Å². The molecular formula is C12H21N. The standard InChI is InChI=1S/C12H21N/c1-5-11-7-8-12(3,4)9-10-13(11)6-2/h7-11H,5-6H2,1-4H3. The Bertz CT molecular complexity index is 191. The number of nitrogens with zero attached hydrogens (tertiary/aromatic N) is 1. The van der Waals surface area contributed by atoms with Crippen LogP contribution >= 0.6 is 0 Å². The summed E-state index contributed by atoms with van der Waals surface area (Å²) in [7, 11) is 0. The van der Waals surface area contributed by atoms with E-state index in [0.29, 0.717) is 6.04 Å². The molecule has 1 unspecified atom stereocenters. The summed E-state index contributed by atoms with van der Waals surface area (Å²) in [5, 5.41) is 0. The summed E-state index contributed by atoms with van der Waals surface area (Å²) in [5.74, 6) is 0. The van der Waals surface area contributed by atoms with Gasteiger partial charge in [-0.25, -0.2) is 0 Å². The predicted molar refractivity (Wildman–Crippen MR) is 58.5 cm³/mol. The Hall–Kier alpha value is -0.720. The number of rotatable bonds is 2. The first kappa shape index (κ1) is 10.4. The van der Waals surface area contributed by atoms with Crippen molar-refractivity contribution in [2.75, 3.05) is 6.54 Å². The number of hydrogen-bond donors (Lipinski definition) is 0. The first-order valence-electron chi connectivity index (χ1n) is 5.23. The van der Waals surface area contributed by atoms with Crippen molar-refractivity contribution in [3.8, 4) is 0 Å². The topological polar surface area (TPSA) is 3.24 Å². The van der Waals surface area contributed by atoms with Crippen molar-refractivity contribution in [1.29, 1.82) is 0 Å². The molecule has 0 N–H and O–H groups in total. The van der Waals surface area contributed by atoms with Gasteiger partial charge in [0, 0.05) is 18.0 Å². The van der Waals surface area contributed by atoms with Crippen molar-refractivity contribution in [2.45, 2.75) is 40.2 Å². The lowest BCUT2D eigenvalue weighted by molar-refractivity contribution is 0.329. The number of likely N-dealkylation sites (N-methyl/N-ethyl adjacent to an activating group) is 1. The molecule has 1 rings (SSSR count). The molecule has 0 aromatic rings. The van der Waals surface area contributed by atoms with Gasteiger partial charge in [0.05, 0.1) is 0 Å². The van der Waals surface area contributed by atoms with Gasteiger partial charge in [-0.3, -0.25) is 0 Å². The molecule has 1 heteroatoms. The fraction of sp³-hybridized carbons (Fsp3) is 0.667. The minimum absolute atomic E-state index is 0.220. The van der Waals surface area contributed by atoms with E-state index in [2.05, 4.69) is 57.0 Å². The third-order valence-electron chi connectivity index (χ3n) is 2.65. The third kappa shape index (κ3) is 2.61. The molecule has 0 aliphatic carbocycles. The van der Waals surface area contributed by atoms with Crippen molar-refractivity contribution in [3.63, 3.8) is 0 Å². The van der Waals surface area contributed by atoms with Crippen LogP contribution in [0.3, 0.4) is 0 Å². The summed E-state index contributed by atoms with van der Waals surface area (Å²) in [4.78, 5) is 2.39. The average molecular weight is 179 g/mol. The fourth-order valence-corrected chi connectivity index (χ4v) is 1.63. The quantitative estimate of drug-likeness (QED) is 0.588. The summed E-state index contributed by atoms with van der Waals surface area (Å²) in [5.41, 5.74) is 0.220. The molecule has 0 aromatic carbocycles. The van der Waals surface area contributed by atoms with E-state index < -0.39 is 0 Å². The van der Waals surface area contributed by atoms with E-state index >= 15 is 0 Å². The van der Waals surface area contributed by atoms with Gasteiger partial charge in [0.25, 0.3) is 0 Å². The zero-order chi connectivity index (χ0) is 9.90. The van der Waals surface area contributed by atoms with Gasteiger partial charge in [0.15, 0.2) is 0 Å². The van der Waals surface area contributed by atoms with Gasteiger partial charge >= 0.3 is 0 Å². The zero-order valence-corrected chi connectivity index (χ0v) is 9.25. The lowest BCUT2D eigenvalue weighted by Crippen LogP contribution is -2.27. The SMILES string of the molecule is CCC1C=CC(C)(C)C=CN1CC. The van der Waals surface area contributed by atoms with E-state index in [-0.39, 0.29) is 5.41 Å². The summed E-state index contributed by atoms with van der Waals surface area (Å²) in [6.45, 7) is 10.0. The molecule has 1 atom stereocenters. The maximum atomic E-state index is 2.39. The van der Waals surface area contributed by atoms with Crippen LogP contribution in [0.4, 0.5) is 0 Å². The van der Waals surface area contributed by atoms with Gasteiger partial charge in [-0.05, 0) is 19.5 Å². The molecule has 0 bridgehead atoms. The first-order valence-corrected chi connectivity index (χ1v) is 5.23. The normalized spacial score (nSPS) is 26.2. The maximum Gasteiger partial charge on any atom is 0.0464 e. The summed E-state index contributed by atoms with van der Waals surface area (Å²) < 4.78 is 0. The Balaban J connectivity index is 2.84. The second kappa shape index (κ2) is 3.99. The minimum Gasteiger partial charge on any atom is -0.372 e. The highest BCUT2D eigenvalue weighted by Crippen LogP contribution is 2.24. The molecule has 0 amide bonds. The van der Waals surface area contributed by atoms with Crippen LogP contribution in [-0.2, 0) is 0 Å². The van der Waals surface area contributed by atoms with Crippen LogP contribution in [0.1, 0.15) is 34.1 Å². The minimum atomic E-state index is 0.220. The molecule has 0 radical (unpaired) electrons. The molecule has 0 fully saturated rings. The van der Waals surface area contributed by atoms with Crippen LogP contribution < -0.4 is 0 Å². The molecule has 13 heavy (non-hydrogen) atoms. The molecule has 1 aliphatic rings. The monoisotopic (exact) mass is 179 g/mol. The van der Waals surface area contributed by atoms with Crippen LogP contribution in [-0.4, -0.2) is 17.5 Å². The van der Waals surface area contributed by atoms with Gasteiger partial charge in [0.2, 0.25) is 0 Å². The third-order valence-corrected chi connectivity index (χ3v) is 2.65. The number of allylic oxidation sites excluding steroid dienone is 2. The van der Waals surface area contributed by atoms with Crippen LogP contribution in [0.2, 0.25) is 0 Å². The summed E-state index contributed by atoms with van der Waals surface area (Å²) in [6, 6.07) is 0.586. The Morgan fingerprint density at radius 1 is 1.23 bits per heavy atom. The van der Waals surface area contributed by atoms with Crippen LogP contribution in [0.15, 0.2) is 24.4 Å². The van der Waals surface area contributed by atoms with Crippen molar-refractivity contribution in [2.24, 2.45) is 5.41 Å². The van der Waals surface area contributed by atoms with Crippen molar-refractivity contribution in [3.05, 3.63) is 24.4 Å². The van der Waals surface area contributed by atoms with Gasteiger partial charge in [0.1, 0.15) is 0 Å². The zero-order valence-electron chi connectivity index (χ0n) is 9.25. The highest BCUT2D eigenvalue weighted by molar-refractivity contribution is 5.14. The smallest absolute Gasteiger partial charge is 0.0464 e. The average Bonchev–Trinajstić information content (AvgIpc) is 2.23. The maximum absolute atomic E-state index is 2.39. The highest BCUT2D eigenvalue weighted by atomic mass is 15.1. The molecule has 0 spiro atoms. The Labute approximate surface area is 82.1 Å². The predicted octanol–water partition coefficient (Wildman–Crippen LogP) is 3.20. The second-order valence-electron chi connectivity index (χ2n) is 4.30. The molecule has 0 saturated carbocycles. The van der Waals surface area contributed by atoms with Crippen molar-refractivity contribution < 1.29 is 0 Å². The summed E-state index contributed by atoms with van der Waals surface area (Å²) >= 11 is 0. The Morgan fingerprint density at radius 2 is 1.92 bits per heavy atom. The van der Waals surface area contributed by atoms with E-state index in [1.54, 1.807) is 0 Å². The van der Waals surface area contributed by atoms with Crippen LogP contribution in [0, 0.1) is 5.41 Å². The molecule has 1 aliphatic heterocycles. The van der Waals surface area contributed by atoms with Crippen LogP contribution in [0.5, 0.6) is 0 Å². The molecule has 0 aromatic heterocycles. The molecule has 1 nitrogen and oxygen atoms in total. The molecule has 1 heterocycles. The fourth-order valence-electron chi connectivity index (χ4n) is 1.63. The van der Waals surface area contributed by atoms with Crippen molar-refractivity contribution >= 4 is 0 Å². The largest absolute Gasteiger partial charge is 0.372 e. The summed E-state index contributed by atoms with van der Waals surface area (Å²) in [6.07, 6.45) is 10.4. The van der Waals surface area contributed by atoms with Gasteiger partial charge in [-0.15, -0.1) is 0 Å². The molecule has 74 valence electrons. The highest BCUT2D eigenvalue weighted by Gasteiger charge is 2.16. The Morgan fingerprint density at radius 3 is 2.46 bits per heavy atom. The van der Waals surface area contributed by atoms with Gasteiger partial charge < -0.3 is 4.90 Å². The Kier molecular flexibility index (Phi) is 3.18. The van der Waals surface area contributed by atoms with E-state index in [1.807, 2.05) is 0 Å². The number of hydrogen-bond acceptors (Lipinski definition) is 1. The van der Waals surface area contributed by atoms with Gasteiger partial charge in [-0.2, -0.15) is 0 Å². The van der Waals surface area contributed by atoms with Crippen molar-refractivity contribution in [1.82, 2.24) is 4.90 Å².